The third-order valence-corrected chi connectivity index (χ3v) is 5.97. The van der Waals surface area contributed by atoms with Crippen LogP contribution in [0.1, 0.15) is 33.8 Å². The van der Waals surface area contributed by atoms with Gasteiger partial charge in [0.1, 0.15) is 0 Å². The molecule has 0 aliphatic heterocycles. The van der Waals surface area contributed by atoms with Crippen molar-refractivity contribution in [2.75, 3.05) is 13.1 Å². The predicted octanol–water partition coefficient (Wildman–Crippen LogP) is 5.00. The quantitative estimate of drug-likeness (QED) is 0.325. The number of para-hydroxylation sites is 1. The number of rotatable bonds is 8. The molecule has 0 bridgehead atoms. The number of fused-ring (bicyclic) bond motifs is 1. The minimum atomic E-state index is -0.189. The Morgan fingerprint density at radius 1 is 0.875 bits per heavy atom. The molecular weight excluding hydrogens is 466 g/mol. The zero-order valence-electron chi connectivity index (χ0n) is 17.5. The number of carbonyl (C=O) groups is 2. The largest absolute Gasteiger partial charge is 0.361 e. The van der Waals surface area contributed by atoms with Crippen LogP contribution in [0.5, 0.6) is 0 Å². The van der Waals surface area contributed by atoms with E-state index in [1.807, 2.05) is 54.7 Å². The smallest absolute Gasteiger partial charge is 0.251 e. The standard InChI is InChI=1S/C26H24BrN3O2/c27-20-12-10-19(11-13-20)26(32)28-15-14-25(31)30-16-22(18-6-2-1-3-7-18)23-17-29-24-9-5-4-8-21(23)24/h1-13,17,22,29H,14-16H2,(H,28,32)(H,30,31). The molecular formula is C26H24BrN3O2. The third-order valence-electron chi connectivity index (χ3n) is 5.45. The maximum atomic E-state index is 12.5. The van der Waals surface area contributed by atoms with Gasteiger partial charge in [-0.25, -0.2) is 0 Å². The topological polar surface area (TPSA) is 74.0 Å². The van der Waals surface area contributed by atoms with Gasteiger partial charge in [0.15, 0.2) is 0 Å². The number of H-pyrrole nitrogens is 1. The SMILES string of the molecule is O=C(CCNC(=O)c1ccc(Br)cc1)NCC(c1ccccc1)c1c[nH]c2ccccc12. The summed E-state index contributed by atoms with van der Waals surface area (Å²) in [6.07, 6.45) is 2.24. The molecule has 162 valence electrons. The van der Waals surface area contributed by atoms with Crippen molar-refractivity contribution >= 4 is 38.6 Å². The zero-order valence-corrected chi connectivity index (χ0v) is 19.1. The minimum Gasteiger partial charge on any atom is -0.361 e. The molecule has 1 heterocycles. The molecule has 4 aromatic rings. The van der Waals surface area contributed by atoms with Crippen LogP contribution in [0.25, 0.3) is 10.9 Å². The fourth-order valence-electron chi connectivity index (χ4n) is 3.77. The molecule has 3 N–H and O–H groups in total. The van der Waals surface area contributed by atoms with Gasteiger partial charge in [-0.3, -0.25) is 9.59 Å². The van der Waals surface area contributed by atoms with Crippen molar-refractivity contribution in [3.63, 3.8) is 0 Å². The van der Waals surface area contributed by atoms with Crippen molar-refractivity contribution in [3.05, 3.63) is 106 Å². The van der Waals surface area contributed by atoms with E-state index in [1.54, 1.807) is 12.1 Å². The Morgan fingerprint density at radius 3 is 2.38 bits per heavy atom. The molecule has 0 aliphatic rings. The molecule has 0 aliphatic carbocycles. The molecule has 1 aromatic heterocycles. The molecule has 0 saturated heterocycles. The van der Waals surface area contributed by atoms with E-state index in [-0.39, 0.29) is 30.7 Å². The summed E-state index contributed by atoms with van der Waals surface area (Å²) in [6.45, 7) is 0.759. The lowest BCUT2D eigenvalue weighted by Gasteiger charge is -2.18. The third kappa shape index (κ3) is 5.26. The van der Waals surface area contributed by atoms with Crippen molar-refractivity contribution < 1.29 is 9.59 Å². The van der Waals surface area contributed by atoms with Crippen LogP contribution in [0, 0.1) is 0 Å². The van der Waals surface area contributed by atoms with Crippen LogP contribution in [-0.4, -0.2) is 29.9 Å². The van der Waals surface area contributed by atoms with Gasteiger partial charge in [-0.05, 0) is 41.5 Å². The number of benzene rings is 3. The van der Waals surface area contributed by atoms with E-state index in [4.69, 9.17) is 0 Å². The molecule has 1 unspecified atom stereocenters. The van der Waals surface area contributed by atoms with E-state index in [0.717, 1.165) is 26.5 Å². The Labute approximate surface area is 195 Å². The fourth-order valence-corrected chi connectivity index (χ4v) is 4.04. The van der Waals surface area contributed by atoms with E-state index in [0.29, 0.717) is 12.1 Å². The molecule has 2 amide bonds. The highest BCUT2D eigenvalue weighted by atomic mass is 79.9. The summed E-state index contributed by atoms with van der Waals surface area (Å²) in [5.74, 6) is -0.262. The molecule has 0 saturated carbocycles. The highest BCUT2D eigenvalue weighted by Gasteiger charge is 2.19. The lowest BCUT2D eigenvalue weighted by molar-refractivity contribution is -0.120. The maximum Gasteiger partial charge on any atom is 0.251 e. The summed E-state index contributed by atoms with van der Waals surface area (Å²) in [5.41, 5.74) is 3.93. The highest BCUT2D eigenvalue weighted by Crippen LogP contribution is 2.30. The maximum absolute atomic E-state index is 12.5. The Bertz CT molecular complexity index is 1200. The Hall–Kier alpha value is -3.38. The molecule has 4 rings (SSSR count). The molecule has 32 heavy (non-hydrogen) atoms. The fraction of sp³-hybridized carbons (Fsp3) is 0.154. The van der Waals surface area contributed by atoms with Crippen LogP contribution in [-0.2, 0) is 4.79 Å². The molecule has 0 spiro atoms. The van der Waals surface area contributed by atoms with Gasteiger partial charge in [0.2, 0.25) is 5.91 Å². The predicted molar refractivity (Wildman–Crippen MR) is 131 cm³/mol. The number of hydrogen-bond donors (Lipinski definition) is 3. The van der Waals surface area contributed by atoms with E-state index in [2.05, 4.69) is 49.7 Å². The van der Waals surface area contributed by atoms with Gasteiger partial charge in [-0.2, -0.15) is 0 Å². The van der Waals surface area contributed by atoms with E-state index in [1.165, 1.54) is 0 Å². The van der Waals surface area contributed by atoms with Gasteiger partial charge < -0.3 is 15.6 Å². The zero-order chi connectivity index (χ0) is 22.3. The van der Waals surface area contributed by atoms with Crippen LogP contribution in [0.2, 0.25) is 0 Å². The molecule has 1 atom stereocenters. The normalized spacial score (nSPS) is 11.8. The average Bonchev–Trinajstić information content (AvgIpc) is 3.24. The number of amides is 2. The second-order valence-electron chi connectivity index (χ2n) is 7.57. The molecule has 0 fully saturated rings. The van der Waals surface area contributed by atoms with Crippen molar-refractivity contribution in [1.82, 2.24) is 15.6 Å². The monoisotopic (exact) mass is 489 g/mol. The number of hydrogen-bond acceptors (Lipinski definition) is 2. The summed E-state index contributed by atoms with van der Waals surface area (Å²) < 4.78 is 0.914. The first-order valence-corrected chi connectivity index (χ1v) is 11.3. The lowest BCUT2D eigenvalue weighted by Crippen LogP contribution is -2.33. The van der Waals surface area contributed by atoms with Crippen molar-refractivity contribution in [2.45, 2.75) is 12.3 Å². The Kier molecular flexibility index (Phi) is 7.02. The average molecular weight is 490 g/mol. The van der Waals surface area contributed by atoms with Gasteiger partial charge in [-0.15, -0.1) is 0 Å². The molecule has 3 aromatic carbocycles. The number of halogens is 1. The summed E-state index contributed by atoms with van der Waals surface area (Å²) in [5, 5.41) is 7.00. The van der Waals surface area contributed by atoms with Crippen molar-refractivity contribution in [2.24, 2.45) is 0 Å². The summed E-state index contributed by atoms with van der Waals surface area (Å²) in [4.78, 5) is 28.0. The van der Waals surface area contributed by atoms with Gasteiger partial charge in [-0.1, -0.05) is 64.5 Å². The van der Waals surface area contributed by atoms with Gasteiger partial charge >= 0.3 is 0 Å². The van der Waals surface area contributed by atoms with E-state index in [9.17, 15) is 9.59 Å². The first-order chi connectivity index (χ1) is 15.6. The molecule has 6 heteroatoms. The number of nitrogens with one attached hydrogen (secondary N) is 3. The Balaban J connectivity index is 1.37. The first-order valence-electron chi connectivity index (χ1n) is 10.5. The van der Waals surface area contributed by atoms with E-state index < -0.39 is 0 Å². The minimum absolute atomic E-state index is 0.0219. The highest BCUT2D eigenvalue weighted by molar-refractivity contribution is 9.10. The first kappa shape index (κ1) is 21.8. The van der Waals surface area contributed by atoms with Crippen molar-refractivity contribution in [3.8, 4) is 0 Å². The van der Waals surface area contributed by atoms with Gasteiger partial charge in [0, 0.05) is 52.6 Å². The van der Waals surface area contributed by atoms with Gasteiger partial charge in [0.25, 0.3) is 5.91 Å². The summed E-state index contributed by atoms with van der Waals surface area (Å²) in [6, 6.07) is 25.5. The Morgan fingerprint density at radius 2 is 1.59 bits per heavy atom. The number of aromatic amines is 1. The number of aromatic nitrogens is 1. The lowest BCUT2D eigenvalue weighted by atomic mass is 9.91. The van der Waals surface area contributed by atoms with Crippen molar-refractivity contribution in [1.29, 1.82) is 0 Å². The van der Waals surface area contributed by atoms with Crippen LogP contribution in [0.15, 0.2) is 89.5 Å². The van der Waals surface area contributed by atoms with Crippen LogP contribution < -0.4 is 10.6 Å². The van der Waals surface area contributed by atoms with Crippen LogP contribution >= 0.6 is 15.9 Å². The van der Waals surface area contributed by atoms with Crippen LogP contribution in [0.3, 0.4) is 0 Å². The summed E-state index contributed by atoms with van der Waals surface area (Å²) >= 11 is 3.35. The number of carbonyl (C=O) groups excluding carboxylic acids is 2. The second kappa shape index (κ2) is 10.3. The van der Waals surface area contributed by atoms with Gasteiger partial charge in [0.05, 0.1) is 0 Å². The van der Waals surface area contributed by atoms with Crippen LogP contribution in [0.4, 0.5) is 0 Å². The summed E-state index contributed by atoms with van der Waals surface area (Å²) in [7, 11) is 0. The molecule has 0 radical (unpaired) electrons. The second-order valence-corrected chi connectivity index (χ2v) is 8.49. The molecule has 5 nitrogen and oxygen atoms in total. The van der Waals surface area contributed by atoms with E-state index >= 15 is 0 Å².